The van der Waals surface area contributed by atoms with Crippen molar-refractivity contribution in [1.29, 1.82) is 5.41 Å². The molecule has 2 aromatic carbocycles. The summed E-state index contributed by atoms with van der Waals surface area (Å²) in [6.07, 6.45) is 1.41. The van der Waals surface area contributed by atoms with Crippen molar-refractivity contribution in [1.82, 2.24) is 0 Å². The fourth-order valence-corrected chi connectivity index (χ4v) is 4.85. The van der Waals surface area contributed by atoms with Gasteiger partial charge < -0.3 is 9.64 Å². The van der Waals surface area contributed by atoms with Crippen LogP contribution in [0.25, 0.3) is 0 Å². The summed E-state index contributed by atoms with van der Waals surface area (Å²) < 4.78 is 29.7. The molecule has 0 unspecified atom stereocenters. The van der Waals surface area contributed by atoms with Gasteiger partial charge in [0, 0.05) is 19.8 Å². The molecule has 2 aliphatic rings. The molecule has 27 heavy (non-hydrogen) atoms. The maximum Gasteiger partial charge on any atom is 0.240 e. The Kier molecular flexibility index (Phi) is 5.45. The van der Waals surface area contributed by atoms with Gasteiger partial charge in [0.15, 0.2) is 0 Å². The smallest absolute Gasteiger partial charge is 0.240 e. The highest BCUT2D eigenvalue weighted by atomic mass is 79.9. The van der Waals surface area contributed by atoms with Gasteiger partial charge in [-0.3, -0.25) is 5.41 Å². The summed E-state index contributed by atoms with van der Waals surface area (Å²) in [5.41, 5.74) is 2.26. The van der Waals surface area contributed by atoms with Crippen LogP contribution in [0, 0.1) is 5.41 Å². The second-order valence-corrected chi connectivity index (χ2v) is 8.33. The number of para-hydroxylation sites is 1. The minimum Gasteiger partial charge on any atom is -0.381 e. The van der Waals surface area contributed by atoms with Crippen LogP contribution in [0.3, 0.4) is 0 Å². The predicted octanol–water partition coefficient (Wildman–Crippen LogP) is 2.96. The molecule has 2 aliphatic heterocycles. The van der Waals surface area contributed by atoms with Crippen LogP contribution in [0.15, 0.2) is 53.4 Å². The molecule has 4 rings (SSSR count). The standard InChI is InChI=1S/C19H21N3O3S.BrH/c20-18-19(9-11-25-12-10-19)15-6-2-1-5-14(15)13-22(18)16-7-3-4-8-17(16)26(21,23)24;/h1-8,20H,9-13H2,(H2,21,23,24);1H. The Balaban J connectivity index is 0.00000210. The Morgan fingerprint density at radius 3 is 2.37 bits per heavy atom. The number of ether oxygens (including phenoxy) is 1. The van der Waals surface area contributed by atoms with Gasteiger partial charge in [0.2, 0.25) is 10.0 Å². The Morgan fingerprint density at radius 2 is 1.67 bits per heavy atom. The van der Waals surface area contributed by atoms with E-state index in [0.717, 1.165) is 11.1 Å². The molecular formula is C19H22BrN3O3S. The molecule has 0 radical (unpaired) electrons. The summed E-state index contributed by atoms with van der Waals surface area (Å²) in [6.45, 7) is 1.62. The molecule has 0 aromatic heterocycles. The Hall–Kier alpha value is -1.74. The molecule has 1 spiro atoms. The van der Waals surface area contributed by atoms with Crippen molar-refractivity contribution in [2.75, 3.05) is 18.1 Å². The molecule has 144 valence electrons. The van der Waals surface area contributed by atoms with Crippen molar-refractivity contribution in [3.05, 3.63) is 59.7 Å². The van der Waals surface area contributed by atoms with Gasteiger partial charge in [-0.05, 0) is 36.1 Å². The van der Waals surface area contributed by atoms with E-state index in [0.29, 0.717) is 44.1 Å². The maximum absolute atomic E-state index is 12.1. The van der Waals surface area contributed by atoms with Crippen LogP contribution in [0.2, 0.25) is 0 Å². The second kappa shape index (κ2) is 7.35. The van der Waals surface area contributed by atoms with Crippen molar-refractivity contribution >= 4 is 38.5 Å². The minimum absolute atomic E-state index is 0. The van der Waals surface area contributed by atoms with Gasteiger partial charge >= 0.3 is 0 Å². The SMILES string of the molecule is Br.N=C1N(c2ccccc2S(N)(=O)=O)Cc2ccccc2C12CCOCC2. The number of anilines is 1. The Bertz CT molecular complexity index is 972. The van der Waals surface area contributed by atoms with E-state index >= 15 is 0 Å². The lowest BCUT2D eigenvalue weighted by Gasteiger charge is -2.47. The van der Waals surface area contributed by atoms with E-state index in [9.17, 15) is 8.42 Å². The summed E-state index contributed by atoms with van der Waals surface area (Å²) >= 11 is 0. The number of nitrogens with one attached hydrogen (secondary N) is 1. The quantitative estimate of drug-likeness (QED) is 0.733. The molecule has 2 heterocycles. The fourth-order valence-electron chi connectivity index (χ4n) is 4.11. The van der Waals surface area contributed by atoms with E-state index in [-0.39, 0.29) is 21.9 Å². The summed E-state index contributed by atoms with van der Waals surface area (Å²) in [4.78, 5) is 1.83. The average Bonchev–Trinajstić information content (AvgIpc) is 2.65. The predicted molar refractivity (Wildman–Crippen MR) is 110 cm³/mol. The van der Waals surface area contributed by atoms with Crippen molar-refractivity contribution in [3.8, 4) is 0 Å². The van der Waals surface area contributed by atoms with E-state index in [2.05, 4.69) is 6.07 Å². The largest absolute Gasteiger partial charge is 0.381 e. The van der Waals surface area contributed by atoms with Crippen LogP contribution in [0.5, 0.6) is 0 Å². The fraction of sp³-hybridized carbons (Fsp3) is 0.316. The topological polar surface area (TPSA) is 96.5 Å². The monoisotopic (exact) mass is 451 g/mol. The van der Waals surface area contributed by atoms with Crippen LogP contribution >= 0.6 is 17.0 Å². The zero-order valence-electron chi connectivity index (χ0n) is 14.7. The molecule has 6 nitrogen and oxygen atoms in total. The number of benzene rings is 2. The van der Waals surface area contributed by atoms with Crippen molar-refractivity contribution in [2.24, 2.45) is 5.14 Å². The van der Waals surface area contributed by atoms with Crippen LogP contribution < -0.4 is 10.0 Å². The van der Waals surface area contributed by atoms with E-state index in [4.69, 9.17) is 15.3 Å². The van der Waals surface area contributed by atoms with Gasteiger partial charge in [-0.15, -0.1) is 17.0 Å². The van der Waals surface area contributed by atoms with E-state index in [1.54, 1.807) is 23.1 Å². The Morgan fingerprint density at radius 1 is 1.04 bits per heavy atom. The van der Waals surface area contributed by atoms with Gasteiger partial charge in [-0.2, -0.15) is 0 Å². The lowest BCUT2D eigenvalue weighted by molar-refractivity contribution is 0.0691. The Labute approximate surface area is 169 Å². The highest BCUT2D eigenvalue weighted by Gasteiger charge is 2.46. The molecular weight excluding hydrogens is 430 g/mol. The number of fused-ring (bicyclic) bond motifs is 2. The molecule has 0 aliphatic carbocycles. The van der Waals surface area contributed by atoms with Gasteiger partial charge in [0.1, 0.15) is 10.7 Å². The second-order valence-electron chi connectivity index (χ2n) is 6.80. The summed E-state index contributed by atoms with van der Waals surface area (Å²) in [5.74, 6) is 0.413. The first-order valence-corrected chi connectivity index (χ1v) is 10.1. The first kappa shape index (κ1) is 20.0. The number of halogens is 1. The third-order valence-corrected chi connectivity index (χ3v) is 6.35. The van der Waals surface area contributed by atoms with E-state index in [1.807, 2.05) is 18.2 Å². The van der Waals surface area contributed by atoms with Gasteiger partial charge in [-0.1, -0.05) is 36.4 Å². The molecule has 0 saturated carbocycles. The van der Waals surface area contributed by atoms with Crippen LogP contribution in [-0.2, 0) is 26.7 Å². The zero-order chi connectivity index (χ0) is 18.4. The zero-order valence-corrected chi connectivity index (χ0v) is 17.2. The molecule has 0 atom stereocenters. The van der Waals surface area contributed by atoms with Gasteiger partial charge in [0.25, 0.3) is 0 Å². The maximum atomic E-state index is 12.1. The highest BCUT2D eigenvalue weighted by molar-refractivity contribution is 8.93. The van der Waals surface area contributed by atoms with Gasteiger partial charge in [0.05, 0.1) is 11.1 Å². The number of hydrogen-bond donors (Lipinski definition) is 2. The van der Waals surface area contributed by atoms with Gasteiger partial charge in [-0.25, -0.2) is 13.6 Å². The number of nitrogens with zero attached hydrogens (tertiary/aromatic N) is 1. The molecule has 1 saturated heterocycles. The lowest BCUT2D eigenvalue weighted by Crippen LogP contribution is -2.53. The number of rotatable bonds is 2. The van der Waals surface area contributed by atoms with Crippen molar-refractivity contribution in [2.45, 2.75) is 29.7 Å². The van der Waals surface area contributed by atoms with Crippen LogP contribution in [-0.4, -0.2) is 27.5 Å². The molecule has 8 heteroatoms. The molecule has 1 fully saturated rings. The highest BCUT2D eigenvalue weighted by Crippen LogP contribution is 2.44. The molecule has 0 amide bonds. The normalized spacial score (nSPS) is 18.7. The summed E-state index contributed by atoms with van der Waals surface area (Å²) in [7, 11) is -3.89. The number of amidine groups is 1. The third-order valence-electron chi connectivity index (χ3n) is 5.39. The number of primary sulfonamides is 1. The molecule has 0 bridgehead atoms. The first-order chi connectivity index (χ1) is 12.4. The number of sulfonamides is 1. The van der Waals surface area contributed by atoms with E-state index in [1.165, 1.54) is 6.07 Å². The lowest BCUT2D eigenvalue weighted by atomic mass is 9.69. The first-order valence-electron chi connectivity index (χ1n) is 8.58. The number of hydrogen-bond acceptors (Lipinski definition) is 4. The molecule has 2 aromatic rings. The summed E-state index contributed by atoms with van der Waals surface area (Å²) in [6, 6.07) is 14.7. The average molecular weight is 452 g/mol. The minimum atomic E-state index is -3.89. The molecule has 3 N–H and O–H groups in total. The number of nitrogens with two attached hydrogens (primary N) is 1. The van der Waals surface area contributed by atoms with Crippen molar-refractivity contribution in [3.63, 3.8) is 0 Å². The summed E-state index contributed by atoms with van der Waals surface area (Å²) in [5, 5.41) is 14.4. The van der Waals surface area contributed by atoms with E-state index < -0.39 is 15.4 Å². The van der Waals surface area contributed by atoms with Crippen LogP contribution in [0.4, 0.5) is 5.69 Å². The van der Waals surface area contributed by atoms with Crippen LogP contribution in [0.1, 0.15) is 24.0 Å². The third kappa shape index (κ3) is 3.31. The van der Waals surface area contributed by atoms with Crippen molar-refractivity contribution < 1.29 is 13.2 Å².